The minimum atomic E-state index is -0.215. The molecular formula is C21H30N4O2. The molecule has 0 aromatic carbocycles. The Morgan fingerprint density at radius 3 is 2.89 bits per heavy atom. The van der Waals surface area contributed by atoms with Crippen molar-refractivity contribution in [3.05, 3.63) is 29.6 Å². The summed E-state index contributed by atoms with van der Waals surface area (Å²) < 4.78 is 0. The normalized spacial score (nSPS) is 23.6. The average Bonchev–Trinajstić information content (AvgIpc) is 3.26. The van der Waals surface area contributed by atoms with Gasteiger partial charge in [-0.25, -0.2) is 0 Å². The van der Waals surface area contributed by atoms with E-state index < -0.39 is 0 Å². The summed E-state index contributed by atoms with van der Waals surface area (Å²) >= 11 is 0. The van der Waals surface area contributed by atoms with Gasteiger partial charge in [-0.2, -0.15) is 5.10 Å². The summed E-state index contributed by atoms with van der Waals surface area (Å²) in [5.41, 5.74) is 3.58. The van der Waals surface area contributed by atoms with Crippen LogP contribution in [-0.2, 0) is 29.0 Å². The molecule has 1 aromatic rings. The largest absolute Gasteiger partial charge is 0.338 e. The number of fused-ring (bicyclic) bond motifs is 1. The van der Waals surface area contributed by atoms with Gasteiger partial charge >= 0.3 is 0 Å². The molecule has 146 valence electrons. The standard InChI is InChI=1S/C21H30N4O2/c1-2-9-24-13-16(12-20(24)26)21(27)25-10-8-18-17(14-25)19(23-22-18)11-15-6-4-3-5-7-15/h2,15-16H,1,3-14H2,(H,22,23)/t16-/m0/s1. The number of amides is 2. The van der Waals surface area contributed by atoms with E-state index in [0.717, 1.165) is 24.5 Å². The molecule has 2 fully saturated rings. The number of nitrogens with one attached hydrogen (secondary N) is 1. The van der Waals surface area contributed by atoms with Crippen molar-refractivity contribution in [2.24, 2.45) is 11.8 Å². The minimum Gasteiger partial charge on any atom is -0.338 e. The van der Waals surface area contributed by atoms with Gasteiger partial charge < -0.3 is 9.80 Å². The zero-order valence-corrected chi connectivity index (χ0v) is 16.1. The molecule has 6 nitrogen and oxygen atoms in total. The van der Waals surface area contributed by atoms with Crippen molar-refractivity contribution in [2.45, 2.75) is 57.9 Å². The summed E-state index contributed by atoms with van der Waals surface area (Å²) in [6, 6.07) is 0. The lowest BCUT2D eigenvalue weighted by atomic mass is 9.85. The molecular weight excluding hydrogens is 340 g/mol. The average molecular weight is 370 g/mol. The first-order valence-electron chi connectivity index (χ1n) is 10.4. The molecule has 27 heavy (non-hydrogen) atoms. The maximum absolute atomic E-state index is 13.0. The van der Waals surface area contributed by atoms with E-state index in [1.165, 1.54) is 43.4 Å². The van der Waals surface area contributed by atoms with Crippen molar-refractivity contribution in [3.63, 3.8) is 0 Å². The summed E-state index contributed by atoms with van der Waals surface area (Å²) in [4.78, 5) is 28.8. The molecule has 1 saturated heterocycles. The number of carbonyl (C=O) groups excluding carboxylic acids is 2. The van der Waals surface area contributed by atoms with Crippen LogP contribution < -0.4 is 0 Å². The Bertz CT molecular complexity index is 720. The number of nitrogens with zero attached hydrogens (tertiary/aromatic N) is 3. The van der Waals surface area contributed by atoms with Crippen molar-refractivity contribution in [1.29, 1.82) is 0 Å². The van der Waals surface area contributed by atoms with Crippen LogP contribution in [0.1, 0.15) is 55.5 Å². The lowest BCUT2D eigenvalue weighted by Gasteiger charge is -2.30. The number of aromatic amines is 1. The van der Waals surface area contributed by atoms with Gasteiger partial charge in [-0.3, -0.25) is 14.7 Å². The molecule has 0 unspecified atom stereocenters. The molecule has 1 atom stereocenters. The molecule has 1 aliphatic carbocycles. The van der Waals surface area contributed by atoms with Crippen molar-refractivity contribution in [1.82, 2.24) is 20.0 Å². The molecule has 0 spiro atoms. The van der Waals surface area contributed by atoms with Crippen LogP contribution in [0.4, 0.5) is 0 Å². The number of hydrogen-bond donors (Lipinski definition) is 1. The maximum Gasteiger partial charge on any atom is 0.228 e. The van der Waals surface area contributed by atoms with Crippen LogP contribution in [0.25, 0.3) is 0 Å². The first-order chi connectivity index (χ1) is 13.2. The third-order valence-corrected chi connectivity index (χ3v) is 6.45. The van der Waals surface area contributed by atoms with E-state index in [1.54, 1.807) is 11.0 Å². The van der Waals surface area contributed by atoms with Crippen molar-refractivity contribution in [3.8, 4) is 0 Å². The molecule has 1 aromatic heterocycles. The number of carbonyl (C=O) groups is 2. The fourth-order valence-corrected chi connectivity index (χ4v) is 4.90. The molecule has 2 amide bonds. The summed E-state index contributed by atoms with van der Waals surface area (Å²) in [5, 5.41) is 7.81. The highest BCUT2D eigenvalue weighted by atomic mass is 16.2. The minimum absolute atomic E-state index is 0.0623. The van der Waals surface area contributed by atoms with Gasteiger partial charge in [0.05, 0.1) is 11.6 Å². The summed E-state index contributed by atoms with van der Waals surface area (Å²) in [6.07, 6.45) is 10.5. The molecule has 3 heterocycles. The van der Waals surface area contributed by atoms with Crippen LogP contribution in [0, 0.1) is 11.8 Å². The SMILES string of the molecule is C=CCN1C[C@@H](C(=O)N2CCc3[nH]nc(CC4CCCCC4)c3C2)CC1=O. The van der Waals surface area contributed by atoms with Crippen LogP contribution in [-0.4, -0.2) is 51.4 Å². The molecule has 1 saturated carbocycles. The van der Waals surface area contributed by atoms with Gasteiger partial charge in [0.1, 0.15) is 0 Å². The molecule has 6 heteroatoms. The van der Waals surface area contributed by atoms with E-state index in [1.807, 2.05) is 4.90 Å². The molecule has 1 N–H and O–H groups in total. The molecule has 4 rings (SSSR count). The van der Waals surface area contributed by atoms with E-state index in [0.29, 0.717) is 32.6 Å². The third-order valence-electron chi connectivity index (χ3n) is 6.45. The van der Waals surface area contributed by atoms with Crippen LogP contribution in [0.2, 0.25) is 0 Å². The Labute approximate surface area is 161 Å². The van der Waals surface area contributed by atoms with Crippen LogP contribution in [0.15, 0.2) is 12.7 Å². The molecule has 2 aliphatic heterocycles. The van der Waals surface area contributed by atoms with Crippen LogP contribution in [0.3, 0.4) is 0 Å². The first kappa shape index (κ1) is 18.3. The quantitative estimate of drug-likeness (QED) is 0.810. The van der Waals surface area contributed by atoms with Gasteiger partial charge in [-0.15, -0.1) is 6.58 Å². The maximum atomic E-state index is 13.0. The smallest absolute Gasteiger partial charge is 0.228 e. The zero-order chi connectivity index (χ0) is 18.8. The van der Waals surface area contributed by atoms with Gasteiger partial charge in [0.25, 0.3) is 0 Å². The number of hydrogen-bond acceptors (Lipinski definition) is 3. The van der Waals surface area contributed by atoms with E-state index in [2.05, 4.69) is 16.8 Å². The van der Waals surface area contributed by atoms with E-state index >= 15 is 0 Å². The molecule has 0 radical (unpaired) electrons. The Balaban J connectivity index is 1.41. The lowest BCUT2D eigenvalue weighted by Crippen LogP contribution is -2.40. The van der Waals surface area contributed by atoms with E-state index in [9.17, 15) is 9.59 Å². The number of H-pyrrole nitrogens is 1. The van der Waals surface area contributed by atoms with Gasteiger partial charge in [0, 0.05) is 50.3 Å². The third kappa shape index (κ3) is 3.80. The van der Waals surface area contributed by atoms with E-state index in [4.69, 9.17) is 0 Å². The molecule has 3 aliphatic rings. The van der Waals surface area contributed by atoms with E-state index in [-0.39, 0.29) is 17.7 Å². The monoisotopic (exact) mass is 370 g/mol. The Morgan fingerprint density at radius 2 is 2.11 bits per heavy atom. The van der Waals surface area contributed by atoms with Gasteiger partial charge in [0.2, 0.25) is 11.8 Å². The Kier molecular flexibility index (Phi) is 5.32. The topological polar surface area (TPSA) is 69.3 Å². The molecule has 0 bridgehead atoms. The Morgan fingerprint density at radius 1 is 1.30 bits per heavy atom. The second-order valence-electron chi connectivity index (χ2n) is 8.33. The van der Waals surface area contributed by atoms with Crippen LogP contribution in [0.5, 0.6) is 0 Å². The highest BCUT2D eigenvalue weighted by Crippen LogP contribution is 2.30. The lowest BCUT2D eigenvalue weighted by molar-refractivity contribution is -0.136. The number of rotatable bonds is 5. The fraction of sp³-hybridized carbons (Fsp3) is 0.667. The van der Waals surface area contributed by atoms with Crippen molar-refractivity contribution < 1.29 is 9.59 Å². The number of likely N-dealkylation sites (tertiary alicyclic amines) is 1. The van der Waals surface area contributed by atoms with Crippen LogP contribution >= 0.6 is 0 Å². The zero-order valence-electron chi connectivity index (χ0n) is 16.1. The second kappa shape index (κ2) is 7.87. The van der Waals surface area contributed by atoms with Crippen molar-refractivity contribution >= 4 is 11.8 Å². The highest BCUT2D eigenvalue weighted by molar-refractivity contribution is 5.89. The highest BCUT2D eigenvalue weighted by Gasteiger charge is 2.37. The predicted molar refractivity (Wildman–Crippen MR) is 103 cm³/mol. The summed E-state index contributed by atoms with van der Waals surface area (Å²) in [6.45, 7) is 6.09. The fourth-order valence-electron chi connectivity index (χ4n) is 4.90. The Hall–Kier alpha value is -2.11. The number of aromatic nitrogens is 2. The second-order valence-corrected chi connectivity index (χ2v) is 8.33. The van der Waals surface area contributed by atoms with Gasteiger partial charge in [-0.1, -0.05) is 38.2 Å². The predicted octanol–water partition coefficient (Wildman–Crippen LogP) is 2.45. The summed E-state index contributed by atoms with van der Waals surface area (Å²) in [7, 11) is 0. The van der Waals surface area contributed by atoms with Crippen molar-refractivity contribution in [2.75, 3.05) is 19.6 Å². The van der Waals surface area contributed by atoms with Gasteiger partial charge in [-0.05, 0) is 12.3 Å². The first-order valence-corrected chi connectivity index (χ1v) is 10.4. The van der Waals surface area contributed by atoms with Gasteiger partial charge in [0.15, 0.2) is 0 Å². The summed E-state index contributed by atoms with van der Waals surface area (Å²) in [5.74, 6) is 0.697.